The molecule has 0 saturated carbocycles. The molecule has 1 aliphatic heterocycles. The lowest BCUT2D eigenvalue weighted by Crippen LogP contribution is -2.08. The predicted octanol–water partition coefficient (Wildman–Crippen LogP) is 3.99. The molecule has 1 atom stereocenters. The third-order valence-electron chi connectivity index (χ3n) is 4.34. The third-order valence-corrected chi connectivity index (χ3v) is 5.59. The summed E-state index contributed by atoms with van der Waals surface area (Å²) in [5.74, 6) is 1.78. The highest BCUT2D eigenvalue weighted by atomic mass is 32.2. The van der Waals surface area contributed by atoms with Gasteiger partial charge in [-0.05, 0) is 29.3 Å². The minimum Gasteiger partial charge on any atom is -0.347 e. The molecule has 0 radical (unpaired) electrons. The van der Waals surface area contributed by atoms with Crippen LogP contribution in [0.15, 0.2) is 59.6 Å². The second-order valence-electron chi connectivity index (χ2n) is 5.57. The number of rotatable bonds is 3. The number of thioether (sulfide) groups is 1. The summed E-state index contributed by atoms with van der Waals surface area (Å²) < 4.78 is 2.38. The molecule has 3 heteroatoms. The summed E-state index contributed by atoms with van der Waals surface area (Å²) in [6.45, 7) is 1.64. The molecule has 0 amide bonds. The molecule has 2 nitrogen and oxygen atoms in total. The molecule has 3 aromatic rings. The average molecular weight is 294 g/mol. The van der Waals surface area contributed by atoms with Crippen molar-refractivity contribution in [3.05, 3.63) is 65.9 Å². The van der Waals surface area contributed by atoms with E-state index >= 15 is 0 Å². The van der Waals surface area contributed by atoms with Gasteiger partial charge in [0.15, 0.2) is 0 Å². The zero-order valence-corrected chi connectivity index (χ0v) is 12.6. The van der Waals surface area contributed by atoms with E-state index in [4.69, 9.17) is 5.73 Å². The second-order valence-corrected chi connectivity index (χ2v) is 6.63. The van der Waals surface area contributed by atoms with Crippen LogP contribution in [-0.4, -0.2) is 10.3 Å². The molecule has 2 N–H and O–H groups in total. The Bertz CT molecular complexity index is 791. The molecule has 0 aliphatic carbocycles. The van der Waals surface area contributed by atoms with Crippen LogP contribution in [0.3, 0.4) is 0 Å². The van der Waals surface area contributed by atoms with E-state index in [1.807, 2.05) is 11.8 Å². The number of fused-ring (bicyclic) bond motifs is 2. The molecule has 21 heavy (non-hydrogen) atoms. The molecule has 0 spiro atoms. The van der Waals surface area contributed by atoms with E-state index in [1.54, 1.807) is 0 Å². The van der Waals surface area contributed by atoms with Crippen LogP contribution < -0.4 is 5.73 Å². The smallest absolute Gasteiger partial charge is 0.0483 e. The Labute approximate surface area is 129 Å². The van der Waals surface area contributed by atoms with Crippen LogP contribution in [0.25, 0.3) is 10.9 Å². The zero-order chi connectivity index (χ0) is 14.2. The van der Waals surface area contributed by atoms with Gasteiger partial charge in [0.2, 0.25) is 0 Å². The molecular weight excluding hydrogens is 276 g/mol. The van der Waals surface area contributed by atoms with Gasteiger partial charge >= 0.3 is 0 Å². The topological polar surface area (TPSA) is 30.9 Å². The third kappa shape index (κ3) is 2.17. The maximum absolute atomic E-state index is 5.84. The van der Waals surface area contributed by atoms with Gasteiger partial charge in [-0.3, -0.25) is 0 Å². The second kappa shape index (κ2) is 5.24. The van der Waals surface area contributed by atoms with Gasteiger partial charge in [-0.2, -0.15) is 0 Å². The van der Waals surface area contributed by atoms with Crippen molar-refractivity contribution < 1.29 is 0 Å². The van der Waals surface area contributed by atoms with Gasteiger partial charge in [-0.1, -0.05) is 30.3 Å². The Balaban J connectivity index is 1.70. The zero-order valence-electron chi connectivity index (χ0n) is 11.8. The van der Waals surface area contributed by atoms with Crippen molar-refractivity contribution in [3.63, 3.8) is 0 Å². The van der Waals surface area contributed by atoms with Gasteiger partial charge in [0.1, 0.15) is 0 Å². The van der Waals surface area contributed by atoms with Gasteiger partial charge in [0.25, 0.3) is 0 Å². The highest BCUT2D eigenvalue weighted by Gasteiger charge is 2.23. The number of benzene rings is 2. The Kier molecular flexibility index (Phi) is 3.24. The van der Waals surface area contributed by atoms with Crippen LogP contribution in [0.5, 0.6) is 0 Å². The Morgan fingerprint density at radius 3 is 2.90 bits per heavy atom. The van der Waals surface area contributed by atoms with E-state index in [-0.39, 0.29) is 0 Å². The molecule has 2 heterocycles. The van der Waals surface area contributed by atoms with E-state index in [9.17, 15) is 0 Å². The van der Waals surface area contributed by atoms with Gasteiger partial charge < -0.3 is 10.3 Å². The summed E-state index contributed by atoms with van der Waals surface area (Å²) in [6.07, 6.45) is 2.20. The first kappa shape index (κ1) is 13.0. The fourth-order valence-corrected chi connectivity index (χ4v) is 4.48. The predicted molar refractivity (Wildman–Crippen MR) is 89.7 cm³/mol. The number of nitrogens with zero attached hydrogens (tertiary/aromatic N) is 1. The molecule has 4 rings (SSSR count). The molecule has 1 aromatic heterocycles. The van der Waals surface area contributed by atoms with Crippen molar-refractivity contribution >= 4 is 22.7 Å². The summed E-state index contributed by atoms with van der Waals surface area (Å²) in [4.78, 5) is 1.45. The molecule has 106 valence electrons. The largest absolute Gasteiger partial charge is 0.347 e. The first-order chi connectivity index (χ1) is 10.4. The van der Waals surface area contributed by atoms with Crippen molar-refractivity contribution in [2.75, 3.05) is 5.75 Å². The number of hydrogen-bond acceptors (Lipinski definition) is 2. The lowest BCUT2D eigenvalue weighted by atomic mass is 10.0. The monoisotopic (exact) mass is 294 g/mol. The first-order valence-corrected chi connectivity index (χ1v) is 8.34. The minimum absolute atomic E-state index is 0.600. The van der Waals surface area contributed by atoms with Gasteiger partial charge in [-0.25, -0.2) is 0 Å². The summed E-state index contributed by atoms with van der Waals surface area (Å²) in [5.41, 5.74) is 9.87. The molecule has 1 unspecified atom stereocenters. The normalized spacial score (nSPS) is 17.3. The lowest BCUT2D eigenvalue weighted by molar-refractivity contribution is 0.623. The van der Waals surface area contributed by atoms with Crippen LogP contribution in [0, 0.1) is 0 Å². The standard InChI is InChI=1S/C18H18N2S/c19-10-13-4-3-6-17-15(13)8-9-20(17)11-14-12-21-18-7-2-1-5-16(14)18/h1-9,14H,10-12,19H2. The summed E-state index contributed by atoms with van der Waals surface area (Å²) in [6, 6.07) is 17.4. The lowest BCUT2D eigenvalue weighted by Gasteiger charge is -2.13. The number of hydrogen-bond donors (Lipinski definition) is 1. The summed E-state index contributed by atoms with van der Waals surface area (Å²) in [7, 11) is 0. The highest BCUT2D eigenvalue weighted by molar-refractivity contribution is 7.99. The number of nitrogens with two attached hydrogens (primary N) is 1. The first-order valence-electron chi connectivity index (χ1n) is 7.35. The van der Waals surface area contributed by atoms with Crippen LogP contribution in [0.1, 0.15) is 17.0 Å². The molecule has 2 aromatic carbocycles. The number of aromatic nitrogens is 1. The van der Waals surface area contributed by atoms with Crippen LogP contribution in [0.4, 0.5) is 0 Å². The van der Waals surface area contributed by atoms with Crippen molar-refractivity contribution in [3.8, 4) is 0 Å². The van der Waals surface area contributed by atoms with Gasteiger partial charge in [-0.15, -0.1) is 11.8 Å². The average Bonchev–Trinajstić information content (AvgIpc) is 3.13. The van der Waals surface area contributed by atoms with Crippen molar-refractivity contribution in [2.45, 2.75) is 23.9 Å². The van der Waals surface area contributed by atoms with Crippen molar-refractivity contribution in [2.24, 2.45) is 5.73 Å². The molecule has 0 saturated heterocycles. The quantitative estimate of drug-likeness (QED) is 0.792. The van der Waals surface area contributed by atoms with Crippen LogP contribution in [0.2, 0.25) is 0 Å². The molecule has 1 aliphatic rings. The Morgan fingerprint density at radius 1 is 1.10 bits per heavy atom. The van der Waals surface area contributed by atoms with E-state index < -0.39 is 0 Å². The SMILES string of the molecule is NCc1cccc2c1ccn2CC1CSc2ccccc21. The Hall–Kier alpha value is -1.71. The van der Waals surface area contributed by atoms with Crippen LogP contribution >= 0.6 is 11.8 Å². The molecule has 0 bridgehead atoms. The van der Waals surface area contributed by atoms with E-state index in [2.05, 4.69) is 59.3 Å². The highest BCUT2D eigenvalue weighted by Crippen LogP contribution is 2.40. The van der Waals surface area contributed by atoms with Crippen molar-refractivity contribution in [1.29, 1.82) is 0 Å². The molecular formula is C18H18N2S. The fourth-order valence-electron chi connectivity index (χ4n) is 3.24. The maximum Gasteiger partial charge on any atom is 0.0483 e. The van der Waals surface area contributed by atoms with Crippen molar-refractivity contribution in [1.82, 2.24) is 4.57 Å². The summed E-state index contributed by atoms with van der Waals surface area (Å²) >= 11 is 1.98. The molecule has 0 fully saturated rings. The maximum atomic E-state index is 5.84. The fraction of sp³-hybridized carbons (Fsp3) is 0.222. The van der Waals surface area contributed by atoms with Gasteiger partial charge in [0, 0.05) is 46.8 Å². The van der Waals surface area contributed by atoms with E-state index in [0.29, 0.717) is 12.5 Å². The minimum atomic E-state index is 0.600. The van der Waals surface area contributed by atoms with E-state index in [1.165, 1.54) is 32.7 Å². The summed E-state index contributed by atoms with van der Waals surface area (Å²) in [5, 5.41) is 1.29. The van der Waals surface area contributed by atoms with Gasteiger partial charge in [0.05, 0.1) is 0 Å². The Morgan fingerprint density at radius 2 is 2.00 bits per heavy atom. The van der Waals surface area contributed by atoms with Crippen LogP contribution in [-0.2, 0) is 13.1 Å². The van der Waals surface area contributed by atoms with E-state index in [0.717, 1.165) is 6.54 Å².